The first-order valence-corrected chi connectivity index (χ1v) is 9.13. The summed E-state index contributed by atoms with van der Waals surface area (Å²) in [6, 6.07) is 10.0. The van der Waals surface area contributed by atoms with Crippen molar-refractivity contribution in [3.8, 4) is 0 Å². The molecule has 0 saturated carbocycles. The fourth-order valence-corrected chi connectivity index (χ4v) is 3.26. The third-order valence-electron chi connectivity index (χ3n) is 4.91. The maximum Gasteiger partial charge on any atom is 0.416 e. The van der Waals surface area contributed by atoms with Crippen LogP contribution in [0.5, 0.6) is 0 Å². The molecule has 1 heterocycles. The molecular weight excluding hydrogens is 403 g/mol. The van der Waals surface area contributed by atoms with Gasteiger partial charge >= 0.3 is 6.18 Å². The number of nitro benzene ring substituents is 1. The molecule has 7 nitrogen and oxygen atoms in total. The first kappa shape index (κ1) is 21.3. The van der Waals surface area contributed by atoms with E-state index in [1.165, 1.54) is 28.0 Å². The van der Waals surface area contributed by atoms with E-state index in [2.05, 4.69) is 0 Å². The van der Waals surface area contributed by atoms with Crippen molar-refractivity contribution in [3.63, 3.8) is 0 Å². The summed E-state index contributed by atoms with van der Waals surface area (Å²) in [6.07, 6.45) is -4.59. The Balaban J connectivity index is 1.58. The second-order valence-corrected chi connectivity index (χ2v) is 6.81. The van der Waals surface area contributed by atoms with Crippen LogP contribution >= 0.6 is 0 Å². The fraction of sp³-hybridized carbons (Fsp3) is 0.300. The van der Waals surface area contributed by atoms with Crippen LogP contribution in [0.1, 0.15) is 21.5 Å². The number of amides is 2. The van der Waals surface area contributed by atoms with Gasteiger partial charge in [-0.25, -0.2) is 0 Å². The van der Waals surface area contributed by atoms with Crippen LogP contribution in [0.2, 0.25) is 0 Å². The number of para-hydroxylation sites is 1. The molecule has 1 saturated heterocycles. The Morgan fingerprint density at radius 1 is 0.933 bits per heavy atom. The summed E-state index contributed by atoms with van der Waals surface area (Å²) in [6.45, 7) is 0.933. The quantitative estimate of drug-likeness (QED) is 0.561. The summed E-state index contributed by atoms with van der Waals surface area (Å²) in [5, 5.41) is 11.1. The van der Waals surface area contributed by atoms with Gasteiger partial charge in [0.05, 0.1) is 16.9 Å². The van der Waals surface area contributed by atoms with E-state index in [4.69, 9.17) is 0 Å². The Morgan fingerprint density at radius 2 is 1.50 bits per heavy atom. The maximum absolute atomic E-state index is 12.6. The second-order valence-electron chi connectivity index (χ2n) is 6.81. The van der Waals surface area contributed by atoms with Crippen molar-refractivity contribution in [2.45, 2.75) is 12.6 Å². The number of nitrogens with zero attached hydrogens (tertiary/aromatic N) is 3. The molecule has 0 N–H and O–H groups in total. The van der Waals surface area contributed by atoms with Crippen molar-refractivity contribution in [1.29, 1.82) is 0 Å². The van der Waals surface area contributed by atoms with E-state index < -0.39 is 22.6 Å². The van der Waals surface area contributed by atoms with Gasteiger partial charge in [0.2, 0.25) is 5.91 Å². The van der Waals surface area contributed by atoms with Gasteiger partial charge in [-0.1, -0.05) is 18.2 Å². The van der Waals surface area contributed by atoms with Crippen LogP contribution in [0.3, 0.4) is 0 Å². The standard InChI is InChI=1S/C20H18F3N3O4/c21-20(22,23)16-7-5-14(6-8-16)19(28)25-11-9-24(10-12-25)18(27)13-15-3-1-2-4-17(15)26(29)30/h1-8H,9-13H2. The molecule has 1 aliphatic heterocycles. The Bertz CT molecular complexity index is 953. The molecular formula is C20H18F3N3O4. The Morgan fingerprint density at radius 3 is 2.07 bits per heavy atom. The largest absolute Gasteiger partial charge is 0.416 e. The number of hydrogen-bond acceptors (Lipinski definition) is 4. The predicted molar refractivity (Wildman–Crippen MR) is 101 cm³/mol. The molecule has 2 aromatic carbocycles. The van der Waals surface area contributed by atoms with Crippen LogP contribution in [0.4, 0.5) is 18.9 Å². The molecule has 158 valence electrons. The van der Waals surface area contributed by atoms with Crippen LogP contribution < -0.4 is 0 Å². The number of rotatable bonds is 4. The third kappa shape index (κ3) is 4.76. The summed E-state index contributed by atoms with van der Waals surface area (Å²) in [5.74, 6) is -0.694. The van der Waals surface area contributed by atoms with Gasteiger partial charge in [-0.15, -0.1) is 0 Å². The van der Waals surface area contributed by atoms with Gasteiger partial charge in [-0.05, 0) is 24.3 Å². The minimum absolute atomic E-state index is 0.121. The first-order chi connectivity index (χ1) is 14.2. The maximum atomic E-state index is 12.6. The van der Waals surface area contributed by atoms with Crippen molar-refractivity contribution in [2.24, 2.45) is 0 Å². The van der Waals surface area contributed by atoms with Crippen LogP contribution in [0.25, 0.3) is 0 Å². The normalized spacial score (nSPS) is 14.5. The molecule has 2 aromatic rings. The smallest absolute Gasteiger partial charge is 0.339 e. The summed E-state index contributed by atoms with van der Waals surface area (Å²) in [4.78, 5) is 38.6. The Labute approximate surface area is 169 Å². The van der Waals surface area contributed by atoms with Crippen LogP contribution in [0, 0.1) is 10.1 Å². The van der Waals surface area contributed by atoms with Gasteiger partial charge in [-0.2, -0.15) is 13.2 Å². The molecule has 0 aliphatic carbocycles. The molecule has 0 bridgehead atoms. The van der Waals surface area contributed by atoms with E-state index in [9.17, 15) is 32.9 Å². The molecule has 1 aliphatic rings. The van der Waals surface area contributed by atoms with Crippen molar-refractivity contribution in [2.75, 3.05) is 26.2 Å². The highest BCUT2D eigenvalue weighted by Crippen LogP contribution is 2.29. The fourth-order valence-electron chi connectivity index (χ4n) is 3.26. The zero-order valence-electron chi connectivity index (χ0n) is 15.8. The van der Waals surface area contributed by atoms with Crippen molar-refractivity contribution < 1.29 is 27.7 Å². The number of carbonyl (C=O) groups is 2. The lowest BCUT2D eigenvalue weighted by Gasteiger charge is -2.35. The number of halogens is 3. The first-order valence-electron chi connectivity index (χ1n) is 9.13. The van der Waals surface area contributed by atoms with Crippen LogP contribution in [0.15, 0.2) is 48.5 Å². The second kappa shape index (κ2) is 8.52. The van der Waals surface area contributed by atoms with Crippen molar-refractivity contribution >= 4 is 17.5 Å². The summed E-state index contributed by atoms with van der Waals surface area (Å²) in [5.41, 5.74) is -0.495. The lowest BCUT2D eigenvalue weighted by atomic mass is 10.1. The molecule has 0 aromatic heterocycles. The van der Waals surface area contributed by atoms with E-state index in [1.54, 1.807) is 6.07 Å². The van der Waals surface area contributed by atoms with Crippen LogP contribution in [-0.2, 0) is 17.4 Å². The van der Waals surface area contributed by atoms with Crippen molar-refractivity contribution in [3.05, 3.63) is 75.3 Å². The topological polar surface area (TPSA) is 83.8 Å². The minimum atomic E-state index is -4.47. The minimum Gasteiger partial charge on any atom is -0.339 e. The van der Waals surface area contributed by atoms with Gasteiger partial charge in [0.15, 0.2) is 0 Å². The average Bonchev–Trinajstić information content (AvgIpc) is 2.73. The molecule has 2 amide bonds. The highest BCUT2D eigenvalue weighted by atomic mass is 19.4. The SMILES string of the molecule is O=C(Cc1ccccc1[N+](=O)[O-])N1CCN(C(=O)c2ccc(C(F)(F)F)cc2)CC1. The number of hydrogen-bond donors (Lipinski definition) is 0. The Kier molecular flexibility index (Phi) is 6.04. The zero-order chi connectivity index (χ0) is 21.9. The van der Waals surface area contributed by atoms with Crippen LogP contribution in [-0.4, -0.2) is 52.7 Å². The van der Waals surface area contributed by atoms with Crippen molar-refractivity contribution in [1.82, 2.24) is 9.80 Å². The molecule has 10 heteroatoms. The van der Waals surface area contributed by atoms with Gasteiger partial charge in [-0.3, -0.25) is 19.7 Å². The molecule has 0 radical (unpaired) electrons. The number of nitro groups is 1. The number of alkyl halides is 3. The average molecular weight is 421 g/mol. The highest BCUT2D eigenvalue weighted by molar-refractivity contribution is 5.94. The summed E-state index contributed by atoms with van der Waals surface area (Å²) < 4.78 is 37.9. The summed E-state index contributed by atoms with van der Waals surface area (Å²) >= 11 is 0. The number of benzene rings is 2. The third-order valence-corrected chi connectivity index (χ3v) is 4.91. The molecule has 30 heavy (non-hydrogen) atoms. The van der Waals surface area contributed by atoms with Gasteiger partial charge in [0, 0.05) is 43.4 Å². The number of piperazine rings is 1. The molecule has 1 fully saturated rings. The van der Waals surface area contributed by atoms with E-state index in [0.717, 1.165) is 24.3 Å². The van der Waals surface area contributed by atoms with E-state index >= 15 is 0 Å². The molecule has 0 unspecified atom stereocenters. The van der Waals surface area contributed by atoms with E-state index in [1.807, 2.05) is 0 Å². The predicted octanol–water partition coefficient (Wildman–Crippen LogP) is 3.14. The van der Waals surface area contributed by atoms with E-state index in [-0.39, 0.29) is 49.8 Å². The van der Waals surface area contributed by atoms with Gasteiger partial charge in [0.25, 0.3) is 11.6 Å². The number of carbonyl (C=O) groups excluding carboxylic acids is 2. The zero-order valence-corrected chi connectivity index (χ0v) is 15.8. The molecule has 3 rings (SSSR count). The molecule has 0 atom stereocenters. The lowest BCUT2D eigenvalue weighted by Crippen LogP contribution is -2.51. The van der Waals surface area contributed by atoms with Gasteiger partial charge < -0.3 is 9.80 Å². The van der Waals surface area contributed by atoms with E-state index in [0.29, 0.717) is 5.56 Å². The molecule has 0 spiro atoms. The Hall–Kier alpha value is -3.43. The summed E-state index contributed by atoms with van der Waals surface area (Å²) in [7, 11) is 0. The monoisotopic (exact) mass is 421 g/mol. The van der Waals surface area contributed by atoms with Gasteiger partial charge in [0.1, 0.15) is 0 Å². The lowest BCUT2D eigenvalue weighted by molar-refractivity contribution is -0.385. The highest BCUT2D eigenvalue weighted by Gasteiger charge is 2.31.